The molecule has 1 rings (SSSR count). The molecular weight excluding hydrogens is 248 g/mol. The van der Waals surface area contributed by atoms with Crippen molar-refractivity contribution >= 4 is 27.3 Å². The van der Waals surface area contributed by atoms with Crippen LogP contribution in [0.25, 0.3) is 0 Å². The molecule has 0 fully saturated rings. The first-order valence-corrected chi connectivity index (χ1v) is 6.65. The van der Waals surface area contributed by atoms with E-state index in [-0.39, 0.29) is 6.54 Å². The fourth-order valence-corrected chi connectivity index (χ4v) is 1.80. The first-order chi connectivity index (χ1) is 7.42. The summed E-state index contributed by atoms with van der Waals surface area (Å²) in [5.74, 6) is 5.41. The van der Waals surface area contributed by atoms with E-state index in [0.29, 0.717) is 16.3 Å². The molecule has 3 N–H and O–H groups in total. The summed E-state index contributed by atoms with van der Waals surface area (Å²) >= 11 is 5.77. The Morgan fingerprint density at radius 1 is 1.50 bits per heavy atom. The molecule has 1 aromatic rings. The number of rotatable bonds is 2. The molecule has 0 unspecified atom stereocenters. The SMILES string of the molecule is CS(=O)(=O)Nc1cc(Cl)ccc1C#CCN. The Balaban J connectivity index is 3.18. The molecule has 0 saturated heterocycles. The number of anilines is 1. The first kappa shape index (κ1) is 12.8. The molecule has 0 radical (unpaired) electrons. The van der Waals surface area contributed by atoms with Crippen LogP contribution in [0.15, 0.2) is 18.2 Å². The highest BCUT2D eigenvalue weighted by molar-refractivity contribution is 7.92. The van der Waals surface area contributed by atoms with Crippen molar-refractivity contribution in [2.75, 3.05) is 17.5 Å². The lowest BCUT2D eigenvalue weighted by Crippen LogP contribution is -2.10. The average molecular weight is 259 g/mol. The van der Waals surface area contributed by atoms with Crippen LogP contribution in [0.2, 0.25) is 5.02 Å². The summed E-state index contributed by atoms with van der Waals surface area (Å²) in [6.07, 6.45) is 1.06. The molecule has 0 bridgehead atoms. The van der Waals surface area contributed by atoms with Gasteiger partial charge in [-0.25, -0.2) is 8.42 Å². The van der Waals surface area contributed by atoms with E-state index in [1.807, 2.05) is 0 Å². The Morgan fingerprint density at radius 2 is 2.19 bits per heavy atom. The molecular formula is C10H11ClN2O2S. The molecule has 0 amide bonds. The van der Waals surface area contributed by atoms with E-state index in [4.69, 9.17) is 17.3 Å². The number of halogens is 1. The van der Waals surface area contributed by atoms with Crippen LogP contribution in [0.5, 0.6) is 0 Å². The molecule has 0 atom stereocenters. The van der Waals surface area contributed by atoms with Gasteiger partial charge in [0.1, 0.15) is 0 Å². The van der Waals surface area contributed by atoms with Crippen molar-refractivity contribution in [1.29, 1.82) is 0 Å². The monoisotopic (exact) mass is 258 g/mol. The van der Waals surface area contributed by atoms with Crippen molar-refractivity contribution in [2.24, 2.45) is 5.73 Å². The molecule has 0 aromatic heterocycles. The van der Waals surface area contributed by atoms with E-state index in [1.54, 1.807) is 12.1 Å². The van der Waals surface area contributed by atoms with Crippen molar-refractivity contribution in [3.63, 3.8) is 0 Å². The second kappa shape index (κ2) is 5.21. The minimum Gasteiger partial charge on any atom is -0.320 e. The molecule has 1 aromatic carbocycles. The lowest BCUT2D eigenvalue weighted by atomic mass is 10.2. The van der Waals surface area contributed by atoms with Gasteiger partial charge < -0.3 is 5.73 Å². The number of sulfonamides is 1. The van der Waals surface area contributed by atoms with E-state index >= 15 is 0 Å². The van der Waals surface area contributed by atoms with Crippen LogP contribution in [0.1, 0.15) is 5.56 Å². The second-order valence-electron chi connectivity index (χ2n) is 3.07. The fraction of sp³-hybridized carbons (Fsp3) is 0.200. The van der Waals surface area contributed by atoms with E-state index < -0.39 is 10.0 Å². The summed E-state index contributed by atoms with van der Waals surface area (Å²) in [7, 11) is -3.35. The molecule has 86 valence electrons. The Kier molecular flexibility index (Phi) is 4.19. The van der Waals surface area contributed by atoms with Crippen LogP contribution in [0.4, 0.5) is 5.69 Å². The maximum absolute atomic E-state index is 11.1. The van der Waals surface area contributed by atoms with Gasteiger partial charge in [-0.05, 0) is 18.2 Å². The summed E-state index contributed by atoms with van der Waals surface area (Å²) in [6, 6.07) is 4.77. The third-order valence-corrected chi connectivity index (χ3v) is 2.43. The first-order valence-electron chi connectivity index (χ1n) is 4.38. The van der Waals surface area contributed by atoms with Crippen molar-refractivity contribution in [3.05, 3.63) is 28.8 Å². The van der Waals surface area contributed by atoms with E-state index in [9.17, 15) is 8.42 Å². The van der Waals surface area contributed by atoms with Gasteiger partial charge in [0.15, 0.2) is 0 Å². The largest absolute Gasteiger partial charge is 0.320 e. The minimum atomic E-state index is -3.35. The van der Waals surface area contributed by atoms with Gasteiger partial charge in [0.25, 0.3) is 0 Å². The zero-order valence-electron chi connectivity index (χ0n) is 8.62. The fourth-order valence-electron chi connectivity index (χ4n) is 1.06. The molecule has 0 saturated carbocycles. The Labute approximate surface area is 99.8 Å². The quantitative estimate of drug-likeness (QED) is 0.778. The average Bonchev–Trinajstić information content (AvgIpc) is 2.14. The third-order valence-electron chi connectivity index (χ3n) is 1.60. The van der Waals surface area contributed by atoms with Gasteiger partial charge in [-0.15, -0.1) is 0 Å². The predicted molar refractivity (Wildman–Crippen MR) is 65.9 cm³/mol. The summed E-state index contributed by atoms with van der Waals surface area (Å²) in [5.41, 5.74) is 6.14. The van der Waals surface area contributed by atoms with Gasteiger partial charge in [-0.1, -0.05) is 23.4 Å². The van der Waals surface area contributed by atoms with Crippen LogP contribution in [0.3, 0.4) is 0 Å². The third kappa shape index (κ3) is 4.11. The summed E-state index contributed by atoms with van der Waals surface area (Å²) < 4.78 is 24.6. The normalized spacial score (nSPS) is 10.4. The van der Waals surface area contributed by atoms with Gasteiger partial charge in [-0.3, -0.25) is 4.72 Å². The maximum atomic E-state index is 11.1. The molecule has 0 aliphatic heterocycles. The number of nitrogens with one attached hydrogen (secondary N) is 1. The van der Waals surface area contributed by atoms with Gasteiger partial charge in [0.2, 0.25) is 10.0 Å². The molecule has 4 nitrogen and oxygen atoms in total. The smallest absolute Gasteiger partial charge is 0.229 e. The number of hydrogen-bond acceptors (Lipinski definition) is 3. The summed E-state index contributed by atoms with van der Waals surface area (Å²) in [6.45, 7) is 0.209. The topological polar surface area (TPSA) is 72.2 Å². The van der Waals surface area contributed by atoms with Gasteiger partial charge >= 0.3 is 0 Å². The molecule has 6 heteroatoms. The summed E-state index contributed by atoms with van der Waals surface area (Å²) in [5, 5.41) is 0.435. The van der Waals surface area contributed by atoms with Crippen LogP contribution >= 0.6 is 11.6 Å². The Bertz CT molecular complexity index is 544. The van der Waals surface area contributed by atoms with Crippen molar-refractivity contribution in [1.82, 2.24) is 0 Å². The standard InChI is InChI=1S/C10H11ClN2O2S/c1-16(14,15)13-10-7-9(11)5-4-8(10)3-2-6-12/h4-5,7,13H,6,12H2,1H3. The lowest BCUT2D eigenvalue weighted by molar-refractivity contribution is 0.607. The van der Waals surface area contributed by atoms with Crippen molar-refractivity contribution in [3.8, 4) is 11.8 Å². The van der Waals surface area contributed by atoms with Crippen molar-refractivity contribution < 1.29 is 8.42 Å². The molecule has 0 aliphatic carbocycles. The van der Waals surface area contributed by atoms with Crippen molar-refractivity contribution in [2.45, 2.75) is 0 Å². The number of nitrogens with two attached hydrogens (primary N) is 1. The van der Waals surface area contributed by atoms with Gasteiger partial charge in [-0.2, -0.15) is 0 Å². The lowest BCUT2D eigenvalue weighted by Gasteiger charge is -2.06. The highest BCUT2D eigenvalue weighted by Crippen LogP contribution is 2.21. The van der Waals surface area contributed by atoms with E-state index in [0.717, 1.165) is 6.26 Å². The Morgan fingerprint density at radius 3 is 2.75 bits per heavy atom. The highest BCUT2D eigenvalue weighted by Gasteiger charge is 2.06. The van der Waals surface area contributed by atoms with Gasteiger partial charge in [0, 0.05) is 10.6 Å². The highest BCUT2D eigenvalue weighted by atomic mass is 35.5. The second-order valence-corrected chi connectivity index (χ2v) is 5.25. The van der Waals surface area contributed by atoms with Crippen LogP contribution in [-0.4, -0.2) is 21.2 Å². The van der Waals surface area contributed by atoms with Crippen LogP contribution < -0.4 is 10.5 Å². The maximum Gasteiger partial charge on any atom is 0.229 e. The molecule has 0 aliphatic rings. The van der Waals surface area contributed by atoms with Crippen LogP contribution in [0, 0.1) is 11.8 Å². The minimum absolute atomic E-state index is 0.209. The van der Waals surface area contributed by atoms with Crippen LogP contribution in [-0.2, 0) is 10.0 Å². The molecule has 16 heavy (non-hydrogen) atoms. The summed E-state index contributed by atoms with van der Waals surface area (Å²) in [4.78, 5) is 0. The van der Waals surface area contributed by atoms with E-state index in [1.165, 1.54) is 6.07 Å². The predicted octanol–water partition coefficient (Wildman–Crippen LogP) is 1.02. The molecule has 0 heterocycles. The zero-order chi connectivity index (χ0) is 12.2. The number of benzene rings is 1. The Hall–Kier alpha value is -1.22. The number of hydrogen-bond donors (Lipinski definition) is 2. The molecule has 0 spiro atoms. The van der Waals surface area contributed by atoms with E-state index in [2.05, 4.69) is 16.6 Å². The van der Waals surface area contributed by atoms with Gasteiger partial charge in [0.05, 0.1) is 18.5 Å². The zero-order valence-corrected chi connectivity index (χ0v) is 10.2.